The SMILES string of the molecule is C[C@]12[C@@H](CC[C@@H]3[C@@H]1CC[C@]1(C)C(=O)CC[C@@H]31)C[C@H](O)CC2(N1CCCCC1)N1CCCCC1. The van der Waals surface area contributed by atoms with Crippen LogP contribution in [-0.4, -0.2) is 58.6 Å². The third kappa shape index (κ3) is 3.15. The van der Waals surface area contributed by atoms with Crippen molar-refractivity contribution in [3.05, 3.63) is 0 Å². The molecule has 1 N–H and O–H groups in total. The van der Waals surface area contributed by atoms with Gasteiger partial charge in [-0.15, -0.1) is 0 Å². The third-order valence-corrected chi connectivity index (χ3v) is 12.3. The number of hydrogen-bond acceptors (Lipinski definition) is 4. The van der Waals surface area contributed by atoms with E-state index in [9.17, 15) is 9.90 Å². The molecule has 6 rings (SSSR count). The number of nitrogens with zero attached hydrogens (tertiary/aromatic N) is 2. The highest BCUT2D eigenvalue weighted by Gasteiger charge is 2.69. The van der Waals surface area contributed by atoms with Crippen molar-refractivity contribution in [3.8, 4) is 0 Å². The fraction of sp³-hybridized carbons (Fsp3) is 0.966. The van der Waals surface area contributed by atoms with Crippen molar-refractivity contribution >= 4 is 5.78 Å². The van der Waals surface area contributed by atoms with Crippen LogP contribution in [0.1, 0.15) is 104 Å². The number of rotatable bonds is 2. The number of likely N-dealkylation sites (tertiary alicyclic amines) is 2. The highest BCUT2D eigenvalue weighted by molar-refractivity contribution is 5.87. The molecule has 0 unspecified atom stereocenters. The van der Waals surface area contributed by atoms with Gasteiger partial charge < -0.3 is 5.11 Å². The van der Waals surface area contributed by atoms with E-state index in [1.165, 1.54) is 84.0 Å². The van der Waals surface area contributed by atoms with E-state index in [1.807, 2.05) is 0 Å². The van der Waals surface area contributed by atoms with Gasteiger partial charge in [-0.05, 0) is 114 Å². The van der Waals surface area contributed by atoms with Crippen LogP contribution in [0.4, 0.5) is 0 Å². The number of aliphatic hydroxyl groups excluding tert-OH is 1. The quantitative estimate of drug-likeness (QED) is 0.617. The van der Waals surface area contributed by atoms with E-state index in [1.54, 1.807) is 0 Å². The van der Waals surface area contributed by atoms with Crippen LogP contribution in [0.2, 0.25) is 0 Å². The lowest BCUT2D eigenvalue weighted by atomic mass is 9.41. The minimum atomic E-state index is -0.162. The Hall–Kier alpha value is -0.450. The molecule has 4 aliphatic carbocycles. The van der Waals surface area contributed by atoms with Crippen molar-refractivity contribution in [2.45, 2.75) is 116 Å². The molecule has 4 nitrogen and oxygen atoms in total. The molecule has 0 spiro atoms. The van der Waals surface area contributed by atoms with Crippen LogP contribution < -0.4 is 0 Å². The zero-order chi connectivity index (χ0) is 22.8. The number of ketones is 1. The predicted molar refractivity (Wildman–Crippen MR) is 132 cm³/mol. The van der Waals surface area contributed by atoms with Gasteiger partial charge in [0.15, 0.2) is 0 Å². The maximum atomic E-state index is 13.0. The van der Waals surface area contributed by atoms with Crippen LogP contribution in [0.15, 0.2) is 0 Å². The Morgan fingerprint density at radius 2 is 1.45 bits per heavy atom. The molecule has 0 bridgehead atoms. The average Bonchev–Trinajstić information content (AvgIpc) is 3.14. The van der Waals surface area contributed by atoms with E-state index >= 15 is 0 Å². The molecule has 0 aromatic heterocycles. The Bertz CT molecular complexity index is 739. The van der Waals surface area contributed by atoms with Gasteiger partial charge in [0, 0.05) is 23.7 Å². The van der Waals surface area contributed by atoms with Crippen molar-refractivity contribution < 1.29 is 9.90 Å². The van der Waals surface area contributed by atoms with E-state index < -0.39 is 0 Å². The highest BCUT2D eigenvalue weighted by atomic mass is 16.3. The van der Waals surface area contributed by atoms with Crippen molar-refractivity contribution in [2.75, 3.05) is 26.2 Å². The summed E-state index contributed by atoms with van der Waals surface area (Å²) in [6.07, 6.45) is 16.6. The average molecular weight is 457 g/mol. The van der Waals surface area contributed by atoms with Gasteiger partial charge in [0.2, 0.25) is 0 Å². The van der Waals surface area contributed by atoms with E-state index in [4.69, 9.17) is 0 Å². The molecular weight excluding hydrogens is 408 g/mol. The lowest BCUT2D eigenvalue weighted by Gasteiger charge is -2.72. The standard InChI is InChI=1S/C29H48N2O2/c1-27-14-13-25-23(24(27)11-12-26(27)33)10-9-21-19-22(32)20-29(28(21,25)2,30-15-5-3-6-16-30)31-17-7-4-8-18-31/h21-25,32H,3-20H2,1-2H3/t21-,22-,23-,24-,25-,27-,28-/m0/s1. The molecule has 6 aliphatic rings. The van der Waals surface area contributed by atoms with E-state index in [2.05, 4.69) is 23.6 Å². The summed E-state index contributed by atoms with van der Waals surface area (Å²) in [4.78, 5) is 18.8. The number of fused-ring (bicyclic) bond motifs is 5. The molecule has 2 saturated heterocycles. The lowest BCUT2D eigenvalue weighted by Crippen LogP contribution is -2.77. The smallest absolute Gasteiger partial charge is 0.139 e. The molecule has 6 fully saturated rings. The van der Waals surface area contributed by atoms with Gasteiger partial charge >= 0.3 is 0 Å². The topological polar surface area (TPSA) is 43.8 Å². The van der Waals surface area contributed by atoms with Gasteiger partial charge in [-0.3, -0.25) is 14.6 Å². The van der Waals surface area contributed by atoms with Gasteiger partial charge in [-0.2, -0.15) is 0 Å². The first kappa shape index (κ1) is 23.0. The normalized spacial score (nSPS) is 48.7. The van der Waals surface area contributed by atoms with E-state index in [0.717, 1.165) is 32.1 Å². The monoisotopic (exact) mass is 456 g/mol. The van der Waals surface area contributed by atoms with Crippen LogP contribution >= 0.6 is 0 Å². The molecular formula is C29H48N2O2. The second-order valence-electron chi connectivity index (χ2n) is 13.4. The Kier molecular flexibility index (Phi) is 5.78. The Morgan fingerprint density at radius 1 is 0.818 bits per heavy atom. The number of carbonyl (C=O) groups excluding carboxylic acids is 1. The zero-order valence-electron chi connectivity index (χ0n) is 21.4. The Labute approximate surface area is 201 Å². The summed E-state index contributed by atoms with van der Waals surface area (Å²) >= 11 is 0. The number of Topliss-reactive ketones (excluding diaryl/α,β-unsaturated/α-hetero) is 1. The molecule has 0 aromatic carbocycles. The summed E-state index contributed by atoms with van der Waals surface area (Å²) in [5.41, 5.74) is 0.185. The van der Waals surface area contributed by atoms with E-state index in [0.29, 0.717) is 29.5 Å². The third-order valence-electron chi connectivity index (χ3n) is 12.3. The van der Waals surface area contributed by atoms with Crippen molar-refractivity contribution in [1.82, 2.24) is 9.80 Å². The molecule has 4 saturated carbocycles. The molecule has 2 aliphatic heterocycles. The summed E-state index contributed by atoms with van der Waals surface area (Å²) in [5, 5.41) is 11.4. The molecule has 7 atom stereocenters. The predicted octanol–water partition coefficient (Wildman–Crippen LogP) is 5.24. The number of piperidine rings is 2. The van der Waals surface area contributed by atoms with Crippen molar-refractivity contribution in [3.63, 3.8) is 0 Å². The van der Waals surface area contributed by atoms with Gasteiger partial charge in [-0.25, -0.2) is 0 Å². The van der Waals surface area contributed by atoms with Crippen LogP contribution in [0.3, 0.4) is 0 Å². The second kappa shape index (κ2) is 8.30. The molecule has 0 radical (unpaired) electrons. The van der Waals surface area contributed by atoms with Crippen molar-refractivity contribution in [1.29, 1.82) is 0 Å². The first-order valence-electron chi connectivity index (χ1n) is 14.6. The maximum Gasteiger partial charge on any atom is 0.139 e. The van der Waals surface area contributed by atoms with Crippen LogP contribution in [-0.2, 0) is 4.79 Å². The minimum Gasteiger partial charge on any atom is -0.393 e. The fourth-order valence-electron chi connectivity index (χ4n) is 10.8. The molecule has 4 heteroatoms. The van der Waals surface area contributed by atoms with Crippen LogP contribution in [0.5, 0.6) is 0 Å². The zero-order valence-corrected chi connectivity index (χ0v) is 21.4. The van der Waals surface area contributed by atoms with Gasteiger partial charge in [0.1, 0.15) is 5.78 Å². The highest BCUT2D eigenvalue weighted by Crippen LogP contribution is 2.69. The molecule has 0 aromatic rings. The largest absolute Gasteiger partial charge is 0.393 e. The fourth-order valence-corrected chi connectivity index (χ4v) is 10.8. The number of hydrogen-bond donors (Lipinski definition) is 1. The minimum absolute atomic E-state index is 0.00979. The summed E-state index contributed by atoms with van der Waals surface area (Å²) in [6, 6.07) is 0. The first-order chi connectivity index (χ1) is 15.9. The van der Waals surface area contributed by atoms with Crippen LogP contribution in [0, 0.1) is 34.5 Å². The van der Waals surface area contributed by atoms with E-state index in [-0.39, 0.29) is 22.6 Å². The van der Waals surface area contributed by atoms with Gasteiger partial charge in [0.05, 0.1) is 11.8 Å². The lowest BCUT2D eigenvalue weighted by molar-refractivity contribution is -0.265. The Morgan fingerprint density at radius 3 is 2.09 bits per heavy atom. The molecule has 0 amide bonds. The second-order valence-corrected chi connectivity index (χ2v) is 13.4. The van der Waals surface area contributed by atoms with Crippen molar-refractivity contribution in [2.24, 2.45) is 34.5 Å². The number of carbonyl (C=O) groups is 1. The summed E-state index contributed by atoms with van der Waals surface area (Å²) in [5.74, 6) is 3.20. The maximum absolute atomic E-state index is 13.0. The number of aliphatic hydroxyl groups is 1. The molecule has 33 heavy (non-hydrogen) atoms. The molecule has 2 heterocycles. The first-order valence-corrected chi connectivity index (χ1v) is 14.6. The summed E-state index contributed by atoms with van der Waals surface area (Å²) < 4.78 is 0. The molecule has 186 valence electrons. The van der Waals surface area contributed by atoms with Gasteiger partial charge in [-0.1, -0.05) is 26.7 Å². The summed E-state index contributed by atoms with van der Waals surface area (Å²) in [6.45, 7) is 9.87. The summed E-state index contributed by atoms with van der Waals surface area (Å²) in [7, 11) is 0. The van der Waals surface area contributed by atoms with Crippen LogP contribution in [0.25, 0.3) is 0 Å². The van der Waals surface area contributed by atoms with Gasteiger partial charge in [0.25, 0.3) is 0 Å². The Balaban J connectivity index is 1.46.